The Morgan fingerprint density at radius 2 is 2.15 bits per heavy atom. The van der Waals surface area contributed by atoms with Crippen LogP contribution < -0.4 is 10.1 Å². The zero-order valence-corrected chi connectivity index (χ0v) is 13.3. The van der Waals surface area contributed by atoms with Crippen molar-refractivity contribution < 1.29 is 4.74 Å². The molecule has 1 aliphatic carbocycles. The van der Waals surface area contributed by atoms with E-state index in [1.54, 1.807) is 12.0 Å². The van der Waals surface area contributed by atoms with Crippen molar-refractivity contribution in [3.8, 4) is 5.75 Å². The zero-order valence-electron chi connectivity index (χ0n) is 11.7. The topological polar surface area (TPSA) is 21.3 Å². The summed E-state index contributed by atoms with van der Waals surface area (Å²) in [5.41, 5.74) is 2.72. The Morgan fingerprint density at radius 3 is 2.85 bits per heavy atom. The minimum Gasteiger partial charge on any atom is -0.495 e. The highest BCUT2D eigenvalue weighted by Gasteiger charge is 2.21. The number of benzene rings is 1. The molecule has 2 aromatic rings. The number of thiophene rings is 1. The highest BCUT2D eigenvalue weighted by Crippen LogP contribution is 2.37. The predicted octanol–water partition coefficient (Wildman–Crippen LogP) is 4.21. The number of rotatable bonds is 4. The fraction of sp³-hybridized carbons (Fsp3) is 0.375. The van der Waals surface area contributed by atoms with Crippen molar-refractivity contribution >= 4 is 22.9 Å². The highest BCUT2D eigenvalue weighted by atomic mass is 35.5. The van der Waals surface area contributed by atoms with Crippen LogP contribution in [-0.2, 0) is 12.8 Å². The van der Waals surface area contributed by atoms with Gasteiger partial charge in [0.2, 0.25) is 0 Å². The van der Waals surface area contributed by atoms with Gasteiger partial charge < -0.3 is 10.1 Å². The SMILES string of the molecule is CNC(c1ccc(Cl)c(OC)c1)c1cc2c(s1)CCC2. The van der Waals surface area contributed by atoms with Crippen LogP contribution in [0.15, 0.2) is 24.3 Å². The van der Waals surface area contributed by atoms with E-state index in [9.17, 15) is 0 Å². The Labute approximate surface area is 128 Å². The van der Waals surface area contributed by atoms with Crippen LogP contribution in [0.5, 0.6) is 5.75 Å². The molecule has 1 N–H and O–H groups in total. The minimum atomic E-state index is 0.205. The molecule has 0 saturated carbocycles. The number of hydrogen-bond acceptors (Lipinski definition) is 3. The Hall–Kier alpha value is -1.03. The van der Waals surface area contributed by atoms with Crippen molar-refractivity contribution in [2.45, 2.75) is 25.3 Å². The van der Waals surface area contributed by atoms with Crippen molar-refractivity contribution in [2.75, 3.05) is 14.2 Å². The van der Waals surface area contributed by atoms with Crippen LogP contribution >= 0.6 is 22.9 Å². The number of hydrogen-bond donors (Lipinski definition) is 1. The third-order valence-corrected chi connectivity index (χ3v) is 5.46. The molecule has 0 amide bonds. The predicted molar refractivity (Wildman–Crippen MR) is 85.3 cm³/mol. The maximum absolute atomic E-state index is 6.11. The van der Waals surface area contributed by atoms with E-state index in [0.717, 1.165) is 5.75 Å². The average molecular weight is 308 g/mol. The molecule has 1 heterocycles. The van der Waals surface area contributed by atoms with E-state index in [2.05, 4.69) is 17.4 Å². The standard InChI is InChI=1S/C16H18ClNOS/c1-18-16(11-6-7-12(17)13(8-11)19-2)15-9-10-4-3-5-14(10)20-15/h6-9,16,18H,3-5H2,1-2H3. The number of ether oxygens (including phenoxy) is 1. The van der Waals surface area contributed by atoms with E-state index in [0.29, 0.717) is 5.02 Å². The van der Waals surface area contributed by atoms with Gasteiger partial charge in [-0.05, 0) is 55.6 Å². The third kappa shape index (κ3) is 2.46. The van der Waals surface area contributed by atoms with Gasteiger partial charge in [0.25, 0.3) is 0 Å². The van der Waals surface area contributed by atoms with Gasteiger partial charge in [0.1, 0.15) is 5.75 Å². The van der Waals surface area contributed by atoms with E-state index in [-0.39, 0.29) is 6.04 Å². The number of halogens is 1. The van der Waals surface area contributed by atoms with E-state index < -0.39 is 0 Å². The molecule has 0 bridgehead atoms. The molecule has 0 radical (unpaired) electrons. The summed E-state index contributed by atoms with van der Waals surface area (Å²) in [6.45, 7) is 0. The number of fused-ring (bicyclic) bond motifs is 1. The van der Waals surface area contributed by atoms with Crippen molar-refractivity contribution in [3.63, 3.8) is 0 Å². The first-order valence-electron chi connectivity index (χ1n) is 6.85. The smallest absolute Gasteiger partial charge is 0.137 e. The zero-order chi connectivity index (χ0) is 14.1. The van der Waals surface area contributed by atoms with Gasteiger partial charge >= 0.3 is 0 Å². The lowest BCUT2D eigenvalue weighted by atomic mass is 10.0. The Kier molecular flexibility index (Phi) is 4.01. The second-order valence-electron chi connectivity index (χ2n) is 5.07. The lowest BCUT2D eigenvalue weighted by Gasteiger charge is -2.16. The van der Waals surface area contributed by atoms with Crippen molar-refractivity contribution in [2.24, 2.45) is 0 Å². The van der Waals surface area contributed by atoms with Crippen LogP contribution in [0.25, 0.3) is 0 Å². The van der Waals surface area contributed by atoms with E-state index in [1.165, 1.54) is 35.3 Å². The van der Waals surface area contributed by atoms with Crippen molar-refractivity contribution in [3.05, 3.63) is 50.2 Å². The normalized spacial score (nSPS) is 15.2. The number of nitrogens with one attached hydrogen (secondary N) is 1. The van der Waals surface area contributed by atoms with Gasteiger partial charge in [-0.2, -0.15) is 0 Å². The molecule has 0 saturated heterocycles. The second kappa shape index (κ2) is 5.76. The summed E-state index contributed by atoms with van der Waals surface area (Å²) in [7, 11) is 3.65. The summed E-state index contributed by atoms with van der Waals surface area (Å²) >= 11 is 8.04. The Balaban J connectivity index is 1.96. The van der Waals surface area contributed by atoms with Crippen LogP contribution in [-0.4, -0.2) is 14.2 Å². The molecule has 0 fully saturated rings. The van der Waals surface area contributed by atoms with Crippen molar-refractivity contribution in [1.29, 1.82) is 0 Å². The fourth-order valence-electron chi connectivity index (χ4n) is 2.82. The van der Waals surface area contributed by atoms with Crippen molar-refractivity contribution in [1.82, 2.24) is 5.32 Å². The van der Waals surface area contributed by atoms with E-state index >= 15 is 0 Å². The molecule has 1 aliphatic rings. The van der Waals surface area contributed by atoms with Gasteiger partial charge in [-0.25, -0.2) is 0 Å². The summed E-state index contributed by atoms with van der Waals surface area (Å²) in [6, 6.07) is 8.55. The Bertz CT molecular complexity index is 601. The van der Waals surface area contributed by atoms with Gasteiger partial charge in [-0.3, -0.25) is 0 Å². The highest BCUT2D eigenvalue weighted by molar-refractivity contribution is 7.12. The molecular weight excluding hydrogens is 290 g/mol. The molecule has 0 aliphatic heterocycles. The van der Waals surface area contributed by atoms with E-state index in [4.69, 9.17) is 16.3 Å². The lowest BCUT2D eigenvalue weighted by molar-refractivity contribution is 0.414. The number of methoxy groups -OCH3 is 1. The monoisotopic (exact) mass is 307 g/mol. The molecule has 3 rings (SSSR count). The molecule has 0 spiro atoms. The summed E-state index contributed by atoms with van der Waals surface area (Å²) in [6.07, 6.45) is 3.77. The first-order chi connectivity index (χ1) is 9.72. The third-order valence-electron chi connectivity index (χ3n) is 3.85. The molecule has 2 nitrogen and oxygen atoms in total. The van der Waals surface area contributed by atoms with Crippen LogP contribution in [0, 0.1) is 0 Å². The van der Waals surface area contributed by atoms with Crippen LogP contribution in [0.2, 0.25) is 5.02 Å². The molecular formula is C16H18ClNOS. The maximum Gasteiger partial charge on any atom is 0.137 e. The second-order valence-corrected chi connectivity index (χ2v) is 6.64. The van der Waals surface area contributed by atoms with Gasteiger partial charge in [0, 0.05) is 9.75 Å². The summed E-state index contributed by atoms with van der Waals surface area (Å²) in [5.74, 6) is 0.730. The molecule has 1 unspecified atom stereocenters. The first-order valence-corrected chi connectivity index (χ1v) is 8.04. The number of aryl methyl sites for hydroxylation is 2. The molecule has 1 atom stereocenters. The summed E-state index contributed by atoms with van der Waals surface area (Å²) in [4.78, 5) is 2.93. The molecule has 20 heavy (non-hydrogen) atoms. The lowest BCUT2D eigenvalue weighted by Crippen LogP contribution is -2.16. The van der Waals surface area contributed by atoms with Crippen LogP contribution in [0.4, 0.5) is 0 Å². The average Bonchev–Trinajstić information content (AvgIpc) is 3.02. The minimum absolute atomic E-state index is 0.205. The Morgan fingerprint density at radius 1 is 1.30 bits per heavy atom. The van der Waals surface area contributed by atoms with Crippen LogP contribution in [0.3, 0.4) is 0 Å². The molecule has 1 aromatic carbocycles. The summed E-state index contributed by atoms with van der Waals surface area (Å²) < 4.78 is 5.32. The van der Waals surface area contributed by atoms with Gasteiger partial charge in [-0.1, -0.05) is 17.7 Å². The summed E-state index contributed by atoms with van der Waals surface area (Å²) in [5, 5.41) is 4.06. The first kappa shape index (κ1) is 13.9. The molecule has 4 heteroatoms. The van der Waals surface area contributed by atoms with Gasteiger partial charge in [-0.15, -0.1) is 11.3 Å². The molecule has 1 aromatic heterocycles. The van der Waals surface area contributed by atoms with E-state index in [1.807, 2.05) is 30.5 Å². The fourth-order valence-corrected chi connectivity index (χ4v) is 4.41. The quantitative estimate of drug-likeness (QED) is 0.913. The maximum atomic E-state index is 6.11. The largest absolute Gasteiger partial charge is 0.495 e. The van der Waals surface area contributed by atoms with Crippen LogP contribution in [0.1, 0.15) is 33.3 Å². The van der Waals surface area contributed by atoms with Gasteiger partial charge in [0.15, 0.2) is 0 Å². The molecule has 106 valence electrons. The van der Waals surface area contributed by atoms with Gasteiger partial charge in [0.05, 0.1) is 18.2 Å².